The first-order valence-corrected chi connectivity index (χ1v) is 10.4. The average Bonchev–Trinajstić information content (AvgIpc) is 2.84. The number of hydrogen-bond donors (Lipinski definition) is 0. The van der Waals surface area contributed by atoms with Gasteiger partial charge in [0.15, 0.2) is 5.78 Å². The molecule has 5 heteroatoms. The molecule has 2 aromatic carbocycles. The van der Waals surface area contributed by atoms with Gasteiger partial charge in [0, 0.05) is 23.5 Å². The first-order valence-electron chi connectivity index (χ1n) is 10.4. The molecule has 3 aromatic rings. The fraction of sp³-hybridized carbons (Fsp3) is 0.148. The molecular formula is C27H23NO4. The fourth-order valence-corrected chi connectivity index (χ4v) is 3.56. The third-order valence-corrected chi connectivity index (χ3v) is 5.26. The molecule has 1 aromatic heterocycles. The lowest BCUT2D eigenvalue weighted by Gasteiger charge is -2.16. The number of carbonyl (C=O) groups excluding carboxylic acids is 2. The zero-order valence-electron chi connectivity index (χ0n) is 17.8. The van der Waals surface area contributed by atoms with Gasteiger partial charge in [0.2, 0.25) is 0 Å². The van der Waals surface area contributed by atoms with Crippen LogP contribution in [0.3, 0.4) is 0 Å². The molecule has 0 aliphatic heterocycles. The number of ether oxygens (including phenoxy) is 2. The highest BCUT2D eigenvalue weighted by molar-refractivity contribution is 6.14. The van der Waals surface area contributed by atoms with E-state index in [1.165, 1.54) is 6.20 Å². The van der Waals surface area contributed by atoms with Crippen LogP contribution in [-0.4, -0.2) is 23.8 Å². The van der Waals surface area contributed by atoms with E-state index in [0.717, 1.165) is 47.3 Å². The predicted octanol–water partition coefficient (Wildman–Crippen LogP) is 5.53. The zero-order valence-corrected chi connectivity index (χ0v) is 17.8. The van der Waals surface area contributed by atoms with E-state index in [-0.39, 0.29) is 5.78 Å². The van der Waals surface area contributed by atoms with Crippen molar-refractivity contribution in [3.8, 4) is 11.5 Å². The Hall–Kier alpha value is -3.99. The molecule has 0 radical (unpaired) electrons. The Bertz CT molecular complexity index is 1160. The van der Waals surface area contributed by atoms with Crippen LogP contribution < -0.4 is 9.47 Å². The monoisotopic (exact) mass is 425 g/mol. The molecule has 0 N–H and O–H groups in total. The standard InChI is InChI=1S/C27H23NO4/c1-31-24-11-7-19(8-12-24)16-21-4-2-5-22(26(21)29)17-20-9-13-25(14-10-20)32-27(30)23-6-3-15-28-18-23/h3,6-18H,2,4-5H2,1H3/b21-16+,22-17+. The molecule has 0 unspecified atom stereocenters. The molecule has 1 aliphatic carbocycles. The lowest BCUT2D eigenvalue weighted by Crippen LogP contribution is -2.12. The van der Waals surface area contributed by atoms with E-state index in [0.29, 0.717) is 11.3 Å². The number of pyridine rings is 1. The summed E-state index contributed by atoms with van der Waals surface area (Å²) in [6.45, 7) is 0. The van der Waals surface area contributed by atoms with E-state index >= 15 is 0 Å². The van der Waals surface area contributed by atoms with Crippen molar-refractivity contribution in [2.45, 2.75) is 19.3 Å². The number of nitrogens with zero attached hydrogens (tertiary/aromatic N) is 1. The first-order chi connectivity index (χ1) is 15.6. The zero-order chi connectivity index (χ0) is 22.3. The number of ketones is 1. The molecule has 4 rings (SSSR count). The van der Waals surface area contributed by atoms with Crippen LogP contribution in [0.4, 0.5) is 0 Å². The molecule has 1 fully saturated rings. The summed E-state index contributed by atoms with van der Waals surface area (Å²) in [7, 11) is 1.63. The average molecular weight is 425 g/mol. The lowest BCUT2D eigenvalue weighted by atomic mass is 9.87. The predicted molar refractivity (Wildman–Crippen MR) is 123 cm³/mol. The Morgan fingerprint density at radius 2 is 1.47 bits per heavy atom. The van der Waals surface area contributed by atoms with Crippen molar-refractivity contribution in [3.63, 3.8) is 0 Å². The number of benzene rings is 2. The number of hydrogen-bond acceptors (Lipinski definition) is 5. The Labute approximate surface area is 187 Å². The number of rotatable bonds is 5. The summed E-state index contributed by atoms with van der Waals surface area (Å²) in [5.41, 5.74) is 3.86. The Balaban J connectivity index is 1.46. The van der Waals surface area contributed by atoms with Gasteiger partial charge in [-0.3, -0.25) is 9.78 Å². The topological polar surface area (TPSA) is 65.5 Å². The summed E-state index contributed by atoms with van der Waals surface area (Å²) in [5, 5.41) is 0. The molecule has 32 heavy (non-hydrogen) atoms. The van der Waals surface area contributed by atoms with Crippen LogP contribution in [0.2, 0.25) is 0 Å². The number of carbonyl (C=O) groups is 2. The van der Waals surface area contributed by atoms with Crippen LogP contribution in [0.25, 0.3) is 12.2 Å². The highest BCUT2D eigenvalue weighted by Crippen LogP contribution is 2.29. The van der Waals surface area contributed by atoms with E-state index in [9.17, 15) is 9.59 Å². The quantitative estimate of drug-likeness (QED) is 0.306. The Morgan fingerprint density at radius 3 is 2.00 bits per heavy atom. The molecule has 0 saturated heterocycles. The summed E-state index contributed by atoms with van der Waals surface area (Å²) in [6, 6.07) is 18.1. The Kier molecular flexibility index (Phi) is 6.56. The molecule has 0 spiro atoms. The number of esters is 1. The van der Waals surface area contributed by atoms with Crippen molar-refractivity contribution in [1.82, 2.24) is 4.98 Å². The van der Waals surface area contributed by atoms with Crippen molar-refractivity contribution in [1.29, 1.82) is 0 Å². The second-order valence-electron chi connectivity index (χ2n) is 7.50. The van der Waals surface area contributed by atoms with Gasteiger partial charge in [-0.25, -0.2) is 4.79 Å². The van der Waals surface area contributed by atoms with E-state index in [1.807, 2.05) is 48.6 Å². The van der Waals surface area contributed by atoms with Gasteiger partial charge < -0.3 is 9.47 Å². The minimum Gasteiger partial charge on any atom is -0.497 e. The number of methoxy groups -OCH3 is 1. The maximum atomic E-state index is 13.0. The lowest BCUT2D eigenvalue weighted by molar-refractivity contribution is -0.112. The highest BCUT2D eigenvalue weighted by atomic mass is 16.5. The van der Waals surface area contributed by atoms with Crippen LogP contribution in [-0.2, 0) is 4.79 Å². The molecule has 0 atom stereocenters. The fourth-order valence-electron chi connectivity index (χ4n) is 3.56. The van der Waals surface area contributed by atoms with Crippen LogP contribution >= 0.6 is 0 Å². The number of Topliss-reactive ketones (excluding diaryl/α,β-unsaturated/α-hetero) is 1. The Morgan fingerprint density at radius 1 is 0.875 bits per heavy atom. The minimum absolute atomic E-state index is 0.0825. The van der Waals surface area contributed by atoms with Gasteiger partial charge in [0.1, 0.15) is 11.5 Å². The van der Waals surface area contributed by atoms with Crippen molar-refractivity contribution >= 4 is 23.9 Å². The molecule has 5 nitrogen and oxygen atoms in total. The smallest absolute Gasteiger partial charge is 0.345 e. The van der Waals surface area contributed by atoms with Crippen LogP contribution in [0, 0.1) is 0 Å². The summed E-state index contributed by atoms with van der Waals surface area (Å²) in [6.07, 6.45) is 9.38. The normalized spacial score (nSPS) is 16.2. The maximum Gasteiger partial charge on any atom is 0.345 e. The summed E-state index contributed by atoms with van der Waals surface area (Å²) < 4.78 is 10.6. The van der Waals surface area contributed by atoms with E-state index in [1.54, 1.807) is 37.6 Å². The summed E-state index contributed by atoms with van der Waals surface area (Å²) in [5.74, 6) is 0.854. The van der Waals surface area contributed by atoms with Gasteiger partial charge in [0.05, 0.1) is 12.7 Å². The van der Waals surface area contributed by atoms with E-state index in [2.05, 4.69) is 4.98 Å². The van der Waals surface area contributed by atoms with Gasteiger partial charge >= 0.3 is 5.97 Å². The van der Waals surface area contributed by atoms with Crippen LogP contribution in [0.5, 0.6) is 11.5 Å². The number of allylic oxidation sites excluding steroid dienone is 2. The molecule has 160 valence electrons. The largest absolute Gasteiger partial charge is 0.497 e. The van der Waals surface area contributed by atoms with Crippen molar-refractivity contribution in [2.24, 2.45) is 0 Å². The first kappa shape index (κ1) is 21.2. The van der Waals surface area contributed by atoms with Crippen molar-refractivity contribution in [3.05, 3.63) is 101 Å². The molecule has 1 saturated carbocycles. The van der Waals surface area contributed by atoms with Gasteiger partial charge in [0.25, 0.3) is 0 Å². The molecular weight excluding hydrogens is 402 g/mol. The summed E-state index contributed by atoms with van der Waals surface area (Å²) >= 11 is 0. The maximum absolute atomic E-state index is 13.0. The molecule has 1 heterocycles. The summed E-state index contributed by atoms with van der Waals surface area (Å²) in [4.78, 5) is 29.1. The second-order valence-corrected chi connectivity index (χ2v) is 7.50. The highest BCUT2D eigenvalue weighted by Gasteiger charge is 2.20. The van der Waals surface area contributed by atoms with Gasteiger partial charge in [-0.05, 0) is 78.9 Å². The van der Waals surface area contributed by atoms with Gasteiger partial charge in [-0.2, -0.15) is 0 Å². The van der Waals surface area contributed by atoms with Crippen LogP contribution in [0.1, 0.15) is 40.7 Å². The van der Waals surface area contributed by atoms with Crippen molar-refractivity contribution in [2.75, 3.05) is 7.11 Å². The minimum atomic E-state index is -0.458. The van der Waals surface area contributed by atoms with Gasteiger partial charge in [-0.15, -0.1) is 0 Å². The third kappa shape index (κ3) is 5.19. The third-order valence-electron chi connectivity index (χ3n) is 5.26. The van der Waals surface area contributed by atoms with E-state index < -0.39 is 5.97 Å². The number of aromatic nitrogens is 1. The van der Waals surface area contributed by atoms with E-state index in [4.69, 9.17) is 9.47 Å². The van der Waals surface area contributed by atoms with Gasteiger partial charge in [-0.1, -0.05) is 24.3 Å². The molecule has 0 amide bonds. The SMILES string of the molecule is COc1ccc(/C=C2\CCC/C(=C\c3ccc(OC(=O)c4cccnc4)cc3)C2=O)cc1. The molecule has 1 aliphatic rings. The van der Waals surface area contributed by atoms with Crippen LogP contribution in [0.15, 0.2) is 84.2 Å². The molecule has 0 bridgehead atoms. The van der Waals surface area contributed by atoms with Crippen molar-refractivity contribution < 1.29 is 19.1 Å². The second kappa shape index (κ2) is 9.88.